The molecule has 3 aromatic rings. The van der Waals surface area contributed by atoms with E-state index in [1.807, 2.05) is 0 Å². The van der Waals surface area contributed by atoms with Crippen molar-refractivity contribution in [3.63, 3.8) is 0 Å². The fraction of sp³-hybridized carbons (Fsp3) is 0.250. The average molecular weight is 490 g/mol. The maximum Gasteiger partial charge on any atom is -1.00 e. The summed E-state index contributed by atoms with van der Waals surface area (Å²) in [4.78, 5) is 3.81. The second-order valence-electron chi connectivity index (χ2n) is 8.32. The van der Waals surface area contributed by atoms with Crippen molar-refractivity contribution in [3.8, 4) is 0 Å². The number of hydrogen-bond acceptors (Lipinski definition) is 0. The first-order valence-corrected chi connectivity index (χ1v) is 11.7. The number of aromatic nitrogens is 1. The van der Waals surface area contributed by atoms with Crippen LogP contribution in [-0.2, 0) is 28.6 Å². The molecule has 28 heavy (non-hydrogen) atoms. The Kier molecular flexibility index (Phi) is 7.24. The maximum absolute atomic E-state index is 3.81. The maximum atomic E-state index is 3.81. The predicted octanol–water partition coefficient (Wildman–Crippen LogP) is -1.88. The molecule has 0 amide bonds. The fourth-order valence-corrected chi connectivity index (χ4v) is 8.56. The predicted molar refractivity (Wildman–Crippen MR) is 109 cm³/mol. The molecule has 0 saturated carbocycles. The fourth-order valence-electron chi connectivity index (χ4n) is 3.89. The van der Waals surface area contributed by atoms with E-state index in [-0.39, 0.29) is 30.2 Å². The van der Waals surface area contributed by atoms with Crippen LogP contribution >= 0.6 is 0 Å². The third kappa shape index (κ3) is 4.11. The Morgan fingerprint density at radius 2 is 1.54 bits per heavy atom. The third-order valence-corrected chi connectivity index (χ3v) is 8.52. The van der Waals surface area contributed by atoms with Crippen molar-refractivity contribution in [2.45, 2.75) is 40.0 Å². The van der Waals surface area contributed by atoms with Crippen LogP contribution in [-0.4, -0.2) is 4.98 Å². The van der Waals surface area contributed by atoms with Crippen LogP contribution in [0.4, 0.5) is 0 Å². The number of allylic oxidation sites excluding steroid dienone is 2. The summed E-state index contributed by atoms with van der Waals surface area (Å²) in [5.74, 6) is 0. The van der Waals surface area contributed by atoms with E-state index < -0.39 is 23.2 Å². The summed E-state index contributed by atoms with van der Waals surface area (Å²) in [6.45, 7) is 11.5. The van der Waals surface area contributed by atoms with E-state index in [2.05, 4.69) is 94.2 Å². The molecule has 0 saturated heterocycles. The second kappa shape index (κ2) is 8.74. The molecule has 0 atom stereocenters. The molecular weight excluding hydrogens is 464 g/mol. The Morgan fingerprint density at radius 3 is 2.21 bits per heavy atom. The number of aromatic amines is 1. The number of nitrogens with one attached hydrogen (secondary N) is 1. The molecule has 0 fully saturated rings. The van der Waals surface area contributed by atoms with Crippen LogP contribution in [0.25, 0.3) is 20.3 Å². The Bertz CT molecular complexity index is 1160. The summed E-state index contributed by atoms with van der Waals surface area (Å²) in [5.41, 5.74) is 5.83. The summed E-state index contributed by atoms with van der Waals surface area (Å²) in [6, 6.07) is 17.7. The molecule has 4 rings (SSSR count). The van der Waals surface area contributed by atoms with Gasteiger partial charge < -0.3 is 24.8 Å². The largest absolute Gasteiger partial charge is 1.00 e. The van der Waals surface area contributed by atoms with E-state index in [0.29, 0.717) is 0 Å². The van der Waals surface area contributed by atoms with Gasteiger partial charge in [0.1, 0.15) is 0 Å². The van der Waals surface area contributed by atoms with Crippen molar-refractivity contribution in [2.75, 3.05) is 0 Å². The first-order chi connectivity index (χ1) is 12.4. The van der Waals surface area contributed by atoms with Gasteiger partial charge in [-0.2, -0.15) is 0 Å². The van der Waals surface area contributed by atoms with Crippen molar-refractivity contribution in [2.24, 2.45) is 0 Å². The quantitative estimate of drug-likeness (QED) is 0.434. The third-order valence-electron chi connectivity index (χ3n) is 5.04. The van der Waals surface area contributed by atoms with Gasteiger partial charge in [-0.3, -0.25) is 0 Å². The molecule has 0 spiro atoms. The molecule has 0 bridgehead atoms. The van der Waals surface area contributed by atoms with E-state index in [4.69, 9.17) is 0 Å². The molecule has 0 unspecified atom stereocenters. The second-order valence-corrected chi connectivity index (χ2v) is 11.4. The van der Waals surface area contributed by atoms with Crippen molar-refractivity contribution in [1.29, 1.82) is 0 Å². The zero-order chi connectivity index (χ0) is 18.5. The van der Waals surface area contributed by atoms with Gasteiger partial charge in [-0.15, -0.1) is 0 Å². The number of benzene rings is 2. The minimum atomic E-state index is -0.981. The van der Waals surface area contributed by atoms with Crippen molar-refractivity contribution in [1.82, 2.24) is 4.98 Å². The van der Waals surface area contributed by atoms with Crippen molar-refractivity contribution in [3.05, 3.63) is 75.7 Å². The van der Waals surface area contributed by atoms with E-state index in [0.717, 1.165) is 0 Å². The minimum Gasteiger partial charge on any atom is -1.00 e. The summed E-state index contributed by atoms with van der Waals surface area (Å²) < 4.78 is 3.13. The number of hydrogen-bond donors (Lipinski definition) is 1. The van der Waals surface area contributed by atoms with E-state index in [9.17, 15) is 0 Å². The van der Waals surface area contributed by atoms with Crippen LogP contribution in [0.5, 0.6) is 0 Å². The number of halogens is 2. The van der Waals surface area contributed by atoms with E-state index in [1.54, 1.807) is 3.28 Å². The van der Waals surface area contributed by atoms with Gasteiger partial charge in [0, 0.05) is 0 Å². The van der Waals surface area contributed by atoms with Gasteiger partial charge in [-0.05, 0) is 0 Å². The van der Waals surface area contributed by atoms with E-state index >= 15 is 0 Å². The Labute approximate surface area is 191 Å². The molecule has 4 heteroatoms. The van der Waals surface area contributed by atoms with Gasteiger partial charge in [0.15, 0.2) is 0 Å². The normalized spacial score (nSPS) is 12.6. The number of fused-ring (bicyclic) bond motifs is 2. The van der Waals surface area contributed by atoms with Crippen molar-refractivity contribution < 1.29 is 48.0 Å². The van der Waals surface area contributed by atoms with Gasteiger partial charge in [-0.1, -0.05) is 0 Å². The Morgan fingerprint density at radius 1 is 0.893 bits per heavy atom. The standard InChI is InChI=1S/C12H14N.C12H11.2ClH.Zr/c1-12(2,3)10-8-13-11-7-5-4-6-9(10)11;1-9(2)12-7-10-5-3-4-6-11(10)8-12;;;/h4-7,13H,1-3H3;3-7H,1-2H3;2*1H;/q;;;;+2/p-2. The molecule has 1 aliphatic carbocycles. The molecular formula is C24H25Cl2NZr. The van der Waals surface area contributed by atoms with Gasteiger partial charge in [0.25, 0.3) is 0 Å². The first-order valence-electron chi connectivity index (χ1n) is 9.23. The molecule has 1 aromatic heterocycles. The molecule has 1 nitrogen and oxygen atoms in total. The number of rotatable bonds is 2. The molecule has 1 heterocycles. The molecule has 1 N–H and O–H groups in total. The average Bonchev–Trinajstić information content (AvgIpc) is 3.13. The van der Waals surface area contributed by atoms with Crippen LogP contribution in [0, 0.1) is 0 Å². The molecule has 0 radical (unpaired) electrons. The summed E-state index contributed by atoms with van der Waals surface area (Å²) in [7, 11) is 0. The first kappa shape index (κ1) is 23.2. The zero-order valence-corrected chi connectivity index (χ0v) is 20.9. The van der Waals surface area contributed by atoms with Crippen LogP contribution in [0.3, 0.4) is 0 Å². The molecule has 1 aliphatic rings. The van der Waals surface area contributed by atoms with Gasteiger partial charge in [0.05, 0.1) is 0 Å². The number of H-pyrrole nitrogens is 1. The Hall–Kier alpha value is -1.08. The van der Waals surface area contributed by atoms with Gasteiger partial charge in [-0.25, -0.2) is 0 Å². The number of para-hydroxylation sites is 1. The molecule has 144 valence electrons. The Balaban J connectivity index is 0.00000140. The zero-order valence-electron chi connectivity index (χ0n) is 17.0. The van der Waals surface area contributed by atoms with E-state index in [1.165, 1.54) is 41.5 Å². The van der Waals surface area contributed by atoms with Crippen LogP contribution < -0.4 is 38.7 Å². The van der Waals surface area contributed by atoms with Gasteiger partial charge in [0.2, 0.25) is 0 Å². The summed E-state index contributed by atoms with van der Waals surface area (Å²) >= 11 is -0.981. The minimum absolute atomic E-state index is 0. The van der Waals surface area contributed by atoms with Crippen LogP contribution in [0.2, 0.25) is 0 Å². The van der Waals surface area contributed by atoms with Gasteiger partial charge >= 0.3 is 168 Å². The monoisotopic (exact) mass is 487 g/mol. The smallest absolute Gasteiger partial charge is 1.00 e. The molecule has 2 aromatic carbocycles. The topological polar surface area (TPSA) is 15.8 Å². The van der Waals surface area contributed by atoms with Crippen LogP contribution in [0.1, 0.15) is 40.2 Å². The van der Waals surface area contributed by atoms with Crippen LogP contribution in [0.15, 0.2) is 59.7 Å². The summed E-state index contributed by atoms with van der Waals surface area (Å²) in [6.07, 6.45) is 2.39. The summed E-state index contributed by atoms with van der Waals surface area (Å²) in [5, 5.41) is 4.23. The SMILES string of the molecule is CC(C)=C1C=c2ccccc2=[C]1[Zr+2][c]1[nH]c2ccccc2c1C(C)(C)C.[Cl-].[Cl-]. The molecule has 0 aliphatic heterocycles. The van der Waals surface area contributed by atoms with Crippen molar-refractivity contribution >= 4 is 23.7 Å².